The molecule has 2 N–H and O–H groups in total. The fourth-order valence-corrected chi connectivity index (χ4v) is 3.25. The standard InChI is InChI=1S/C12H20N2S/c13-7-3-5-11(12-6-4-10-15-12)14-8-1-2-9-14/h4,6,10-11H,1-3,5,7-9,13H2/t11-/m1/s1. The number of likely N-dealkylation sites (tertiary alicyclic amines) is 1. The van der Waals surface area contributed by atoms with Gasteiger partial charge in [-0.25, -0.2) is 0 Å². The van der Waals surface area contributed by atoms with E-state index < -0.39 is 0 Å². The van der Waals surface area contributed by atoms with Gasteiger partial charge in [-0.1, -0.05) is 6.07 Å². The van der Waals surface area contributed by atoms with E-state index in [9.17, 15) is 0 Å². The lowest BCUT2D eigenvalue weighted by Crippen LogP contribution is -2.25. The molecule has 1 saturated heterocycles. The second kappa shape index (κ2) is 5.64. The molecule has 0 amide bonds. The van der Waals surface area contributed by atoms with Crippen molar-refractivity contribution in [3.05, 3.63) is 22.4 Å². The second-order valence-corrected chi connectivity index (χ2v) is 5.18. The van der Waals surface area contributed by atoms with Crippen LogP contribution in [0.3, 0.4) is 0 Å². The van der Waals surface area contributed by atoms with Crippen LogP contribution in [0.15, 0.2) is 17.5 Å². The van der Waals surface area contributed by atoms with E-state index in [2.05, 4.69) is 22.4 Å². The van der Waals surface area contributed by atoms with Crippen molar-refractivity contribution in [2.24, 2.45) is 5.73 Å². The van der Waals surface area contributed by atoms with Gasteiger partial charge in [0.1, 0.15) is 0 Å². The molecular formula is C12H20N2S. The molecule has 84 valence electrons. The Balaban J connectivity index is 2.01. The van der Waals surface area contributed by atoms with Gasteiger partial charge in [0.2, 0.25) is 0 Å². The topological polar surface area (TPSA) is 29.3 Å². The van der Waals surface area contributed by atoms with Crippen molar-refractivity contribution in [1.82, 2.24) is 4.90 Å². The quantitative estimate of drug-likeness (QED) is 0.833. The Hall–Kier alpha value is -0.380. The smallest absolute Gasteiger partial charge is 0.0441 e. The lowest BCUT2D eigenvalue weighted by Gasteiger charge is -2.26. The summed E-state index contributed by atoms with van der Waals surface area (Å²) < 4.78 is 0. The number of nitrogens with two attached hydrogens (primary N) is 1. The van der Waals surface area contributed by atoms with E-state index in [-0.39, 0.29) is 0 Å². The Bertz CT molecular complexity index is 265. The molecule has 15 heavy (non-hydrogen) atoms. The summed E-state index contributed by atoms with van der Waals surface area (Å²) in [4.78, 5) is 4.15. The maximum absolute atomic E-state index is 5.61. The van der Waals surface area contributed by atoms with Crippen molar-refractivity contribution in [3.8, 4) is 0 Å². The molecular weight excluding hydrogens is 204 g/mol. The lowest BCUT2D eigenvalue weighted by atomic mass is 10.1. The van der Waals surface area contributed by atoms with E-state index in [1.54, 1.807) is 0 Å². The molecule has 2 rings (SSSR count). The average Bonchev–Trinajstić information content (AvgIpc) is 2.90. The van der Waals surface area contributed by atoms with Gasteiger partial charge in [-0.3, -0.25) is 4.90 Å². The van der Waals surface area contributed by atoms with E-state index in [4.69, 9.17) is 5.73 Å². The van der Waals surface area contributed by atoms with Crippen LogP contribution in [0, 0.1) is 0 Å². The highest BCUT2D eigenvalue weighted by atomic mass is 32.1. The first kappa shape index (κ1) is 11.1. The molecule has 1 aliphatic rings. The van der Waals surface area contributed by atoms with E-state index in [1.165, 1.54) is 37.2 Å². The molecule has 0 radical (unpaired) electrons. The van der Waals surface area contributed by atoms with Gasteiger partial charge < -0.3 is 5.73 Å². The highest BCUT2D eigenvalue weighted by molar-refractivity contribution is 7.10. The molecule has 0 aromatic carbocycles. The van der Waals surface area contributed by atoms with E-state index in [0.717, 1.165) is 13.0 Å². The largest absolute Gasteiger partial charge is 0.330 e. The van der Waals surface area contributed by atoms with E-state index >= 15 is 0 Å². The third kappa shape index (κ3) is 2.80. The van der Waals surface area contributed by atoms with Crippen LogP contribution in [0.25, 0.3) is 0 Å². The molecule has 1 fully saturated rings. The molecule has 2 heterocycles. The summed E-state index contributed by atoms with van der Waals surface area (Å²) in [6, 6.07) is 5.06. The molecule has 0 aliphatic carbocycles. The third-order valence-electron chi connectivity index (χ3n) is 3.13. The highest BCUT2D eigenvalue weighted by Gasteiger charge is 2.23. The molecule has 0 unspecified atom stereocenters. The molecule has 3 heteroatoms. The SMILES string of the molecule is NCCC[C@H](c1cccs1)N1CCCC1. The van der Waals surface area contributed by atoms with Gasteiger partial charge in [-0.2, -0.15) is 0 Å². The minimum absolute atomic E-state index is 0.635. The Morgan fingerprint density at radius 1 is 1.40 bits per heavy atom. The van der Waals surface area contributed by atoms with Crippen molar-refractivity contribution < 1.29 is 0 Å². The number of thiophene rings is 1. The number of nitrogens with zero attached hydrogens (tertiary/aromatic N) is 1. The van der Waals surface area contributed by atoms with Gasteiger partial charge >= 0.3 is 0 Å². The first-order chi connectivity index (χ1) is 7.42. The van der Waals surface area contributed by atoms with Crippen molar-refractivity contribution >= 4 is 11.3 Å². The first-order valence-corrected chi connectivity index (χ1v) is 6.77. The second-order valence-electron chi connectivity index (χ2n) is 4.21. The Morgan fingerprint density at radius 2 is 2.20 bits per heavy atom. The van der Waals surface area contributed by atoms with Crippen LogP contribution in [0.2, 0.25) is 0 Å². The maximum atomic E-state index is 5.61. The minimum Gasteiger partial charge on any atom is -0.330 e. The molecule has 2 nitrogen and oxygen atoms in total. The van der Waals surface area contributed by atoms with Crippen molar-refractivity contribution in [2.45, 2.75) is 31.7 Å². The van der Waals surface area contributed by atoms with Crippen LogP contribution in [-0.2, 0) is 0 Å². The van der Waals surface area contributed by atoms with Gasteiger partial charge in [-0.15, -0.1) is 11.3 Å². The van der Waals surface area contributed by atoms with Crippen molar-refractivity contribution in [3.63, 3.8) is 0 Å². The zero-order valence-electron chi connectivity index (χ0n) is 9.19. The summed E-state index contributed by atoms with van der Waals surface area (Å²) in [6.07, 6.45) is 5.09. The van der Waals surface area contributed by atoms with Crippen LogP contribution >= 0.6 is 11.3 Å². The summed E-state index contributed by atoms with van der Waals surface area (Å²) in [5.74, 6) is 0. The van der Waals surface area contributed by atoms with Gasteiger partial charge in [0.25, 0.3) is 0 Å². The summed E-state index contributed by atoms with van der Waals surface area (Å²) >= 11 is 1.89. The fraction of sp³-hybridized carbons (Fsp3) is 0.667. The molecule has 0 bridgehead atoms. The number of rotatable bonds is 5. The van der Waals surface area contributed by atoms with Gasteiger partial charge in [0, 0.05) is 10.9 Å². The molecule has 1 aromatic heterocycles. The molecule has 0 saturated carbocycles. The molecule has 1 atom stereocenters. The molecule has 1 aliphatic heterocycles. The summed E-state index contributed by atoms with van der Waals surface area (Å²) in [6.45, 7) is 3.36. The van der Waals surface area contributed by atoms with Crippen LogP contribution < -0.4 is 5.73 Å². The first-order valence-electron chi connectivity index (χ1n) is 5.89. The van der Waals surface area contributed by atoms with Gasteiger partial charge in [-0.05, 0) is 56.8 Å². The third-order valence-corrected chi connectivity index (χ3v) is 4.11. The normalized spacial score (nSPS) is 19.5. The number of hydrogen-bond acceptors (Lipinski definition) is 3. The minimum atomic E-state index is 0.635. The van der Waals surface area contributed by atoms with Gasteiger partial charge in [0.15, 0.2) is 0 Å². The monoisotopic (exact) mass is 224 g/mol. The van der Waals surface area contributed by atoms with Crippen LogP contribution in [0.4, 0.5) is 0 Å². The Morgan fingerprint density at radius 3 is 2.80 bits per heavy atom. The lowest BCUT2D eigenvalue weighted by molar-refractivity contribution is 0.234. The van der Waals surface area contributed by atoms with E-state index in [1.807, 2.05) is 11.3 Å². The van der Waals surface area contributed by atoms with Crippen LogP contribution in [0.5, 0.6) is 0 Å². The Labute approximate surface area is 96.1 Å². The molecule has 1 aromatic rings. The zero-order chi connectivity index (χ0) is 10.5. The fourth-order valence-electron chi connectivity index (χ4n) is 2.35. The average molecular weight is 224 g/mol. The predicted molar refractivity (Wildman–Crippen MR) is 66.2 cm³/mol. The summed E-state index contributed by atoms with van der Waals surface area (Å²) in [7, 11) is 0. The highest BCUT2D eigenvalue weighted by Crippen LogP contribution is 2.31. The van der Waals surface area contributed by atoms with Crippen molar-refractivity contribution in [1.29, 1.82) is 0 Å². The molecule has 0 spiro atoms. The van der Waals surface area contributed by atoms with Crippen LogP contribution in [0.1, 0.15) is 36.6 Å². The van der Waals surface area contributed by atoms with Crippen molar-refractivity contribution in [2.75, 3.05) is 19.6 Å². The van der Waals surface area contributed by atoms with Gasteiger partial charge in [0.05, 0.1) is 0 Å². The number of hydrogen-bond donors (Lipinski definition) is 1. The maximum Gasteiger partial charge on any atom is 0.0441 e. The Kier molecular flexibility index (Phi) is 4.18. The zero-order valence-corrected chi connectivity index (χ0v) is 10.0. The summed E-state index contributed by atoms with van der Waals surface area (Å²) in [5, 5.41) is 2.18. The predicted octanol–water partition coefficient (Wildman–Crippen LogP) is 2.62. The summed E-state index contributed by atoms with van der Waals surface area (Å²) in [5.41, 5.74) is 5.61. The van der Waals surface area contributed by atoms with E-state index in [0.29, 0.717) is 6.04 Å². The van der Waals surface area contributed by atoms with Crippen LogP contribution in [-0.4, -0.2) is 24.5 Å².